The second kappa shape index (κ2) is 4.24. The van der Waals surface area contributed by atoms with Crippen LogP contribution in [0.25, 0.3) is 0 Å². The van der Waals surface area contributed by atoms with E-state index in [2.05, 4.69) is 26.0 Å². The molecule has 0 amide bonds. The molecule has 0 spiro atoms. The van der Waals surface area contributed by atoms with Crippen LogP contribution in [0.15, 0.2) is 12.1 Å². The van der Waals surface area contributed by atoms with Crippen LogP contribution in [0.1, 0.15) is 42.1 Å². The molecule has 1 aromatic carbocycles. The molecule has 108 valence electrons. The molecule has 2 nitrogen and oxygen atoms in total. The lowest BCUT2D eigenvalue weighted by Gasteiger charge is -2.18. The Morgan fingerprint density at radius 3 is 2.15 bits per heavy atom. The Labute approximate surface area is 121 Å². The molecule has 0 aromatic heterocycles. The Balaban J connectivity index is 1.60. The van der Waals surface area contributed by atoms with Crippen LogP contribution in [0, 0.1) is 43.4 Å². The Morgan fingerprint density at radius 2 is 1.65 bits per heavy atom. The Hall–Kier alpha value is -1.02. The van der Waals surface area contributed by atoms with Gasteiger partial charge < -0.3 is 9.84 Å². The van der Waals surface area contributed by atoms with Gasteiger partial charge in [-0.2, -0.15) is 0 Å². The van der Waals surface area contributed by atoms with E-state index in [1.54, 1.807) is 7.11 Å². The van der Waals surface area contributed by atoms with Gasteiger partial charge in [-0.3, -0.25) is 0 Å². The molecule has 1 N–H and O–H groups in total. The summed E-state index contributed by atoms with van der Waals surface area (Å²) in [4.78, 5) is 0. The molecular weight excluding hydrogens is 248 g/mol. The summed E-state index contributed by atoms with van der Waals surface area (Å²) >= 11 is 0. The number of benzene rings is 1. The van der Waals surface area contributed by atoms with Crippen molar-refractivity contribution < 1.29 is 9.84 Å². The Bertz CT molecular complexity index is 511. The van der Waals surface area contributed by atoms with Gasteiger partial charge in [0.2, 0.25) is 0 Å². The second-order valence-electron chi connectivity index (χ2n) is 7.20. The number of hydrogen-bond donors (Lipinski definition) is 1. The summed E-state index contributed by atoms with van der Waals surface area (Å²) in [5, 5.41) is 10.8. The van der Waals surface area contributed by atoms with Gasteiger partial charge in [0.25, 0.3) is 0 Å². The van der Waals surface area contributed by atoms with Gasteiger partial charge >= 0.3 is 0 Å². The zero-order chi connectivity index (χ0) is 14.0. The van der Waals surface area contributed by atoms with Crippen molar-refractivity contribution >= 4 is 0 Å². The van der Waals surface area contributed by atoms with E-state index in [0.717, 1.165) is 46.1 Å². The number of fused-ring (bicyclic) bond motifs is 5. The predicted molar refractivity (Wildman–Crippen MR) is 78.7 cm³/mol. The maximum Gasteiger partial charge on any atom is 0.124 e. The zero-order valence-electron chi connectivity index (χ0n) is 12.6. The molecule has 3 fully saturated rings. The monoisotopic (exact) mass is 272 g/mol. The topological polar surface area (TPSA) is 29.5 Å². The summed E-state index contributed by atoms with van der Waals surface area (Å²) in [5.41, 5.74) is 3.37. The van der Waals surface area contributed by atoms with Crippen molar-refractivity contribution in [1.29, 1.82) is 0 Å². The summed E-state index contributed by atoms with van der Waals surface area (Å²) in [6.07, 6.45) is 4.00. The maximum absolute atomic E-state index is 10.8. The Morgan fingerprint density at radius 1 is 1.10 bits per heavy atom. The van der Waals surface area contributed by atoms with Crippen LogP contribution >= 0.6 is 0 Å². The van der Waals surface area contributed by atoms with E-state index in [9.17, 15) is 5.11 Å². The van der Waals surface area contributed by atoms with Crippen molar-refractivity contribution in [3.63, 3.8) is 0 Å². The first-order valence-corrected chi connectivity index (χ1v) is 7.95. The molecule has 20 heavy (non-hydrogen) atoms. The molecule has 0 radical (unpaired) electrons. The fourth-order valence-electron chi connectivity index (χ4n) is 5.51. The average molecular weight is 272 g/mol. The molecule has 2 bridgehead atoms. The highest BCUT2D eigenvalue weighted by molar-refractivity contribution is 5.44. The minimum absolute atomic E-state index is 0.267. The van der Waals surface area contributed by atoms with Gasteiger partial charge in [0.05, 0.1) is 13.2 Å². The fourth-order valence-corrected chi connectivity index (χ4v) is 5.51. The first kappa shape index (κ1) is 12.7. The quantitative estimate of drug-likeness (QED) is 0.910. The Kier molecular flexibility index (Phi) is 2.69. The molecule has 3 aliphatic rings. The van der Waals surface area contributed by atoms with Crippen LogP contribution in [0.4, 0.5) is 0 Å². The fraction of sp³-hybridized carbons (Fsp3) is 0.667. The van der Waals surface area contributed by atoms with Crippen LogP contribution in [-0.2, 0) is 0 Å². The van der Waals surface area contributed by atoms with E-state index >= 15 is 0 Å². The molecule has 5 unspecified atom stereocenters. The largest absolute Gasteiger partial charge is 0.496 e. The third-order valence-electron chi connectivity index (χ3n) is 6.19. The highest BCUT2D eigenvalue weighted by Crippen LogP contribution is 2.72. The van der Waals surface area contributed by atoms with Gasteiger partial charge in [-0.05, 0) is 91.5 Å². The van der Waals surface area contributed by atoms with Crippen molar-refractivity contribution in [2.45, 2.75) is 39.2 Å². The lowest BCUT2D eigenvalue weighted by atomic mass is 9.93. The van der Waals surface area contributed by atoms with Crippen molar-refractivity contribution in [2.75, 3.05) is 7.11 Å². The number of aryl methyl sites for hydroxylation is 2. The lowest BCUT2D eigenvalue weighted by molar-refractivity contribution is 0.130. The molecule has 2 heteroatoms. The van der Waals surface area contributed by atoms with Crippen molar-refractivity contribution in [1.82, 2.24) is 0 Å². The summed E-state index contributed by atoms with van der Waals surface area (Å²) < 4.78 is 5.42. The minimum atomic E-state index is -0.267. The molecule has 3 saturated carbocycles. The van der Waals surface area contributed by atoms with Gasteiger partial charge in [0.15, 0.2) is 0 Å². The van der Waals surface area contributed by atoms with E-state index in [-0.39, 0.29) is 6.10 Å². The molecule has 4 rings (SSSR count). The summed E-state index contributed by atoms with van der Waals surface area (Å²) in [7, 11) is 1.72. The van der Waals surface area contributed by atoms with Crippen LogP contribution in [0.3, 0.4) is 0 Å². The molecule has 3 aliphatic carbocycles. The first-order chi connectivity index (χ1) is 9.61. The molecular formula is C18H24O2. The molecule has 0 aliphatic heterocycles. The number of rotatable bonds is 3. The zero-order valence-corrected chi connectivity index (χ0v) is 12.6. The van der Waals surface area contributed by atoms with Gasteiger partial charge in [-0.25, -0.2) is 0 Å². The number of methoxy groups -OCH3 is 1. The molecule has 5 atom stereocenters. The predicted octanol–water partition coefficient (Wildman–Crippen LogP) is 3.64. The van der Waals surface area contributed by atoms with Crippen molar-refractivity contribution in [3.05, 3.63) is 28.8 Å². The molecule has 1 aromatic rings. The van der Waals surface area contributed by atoms with E-state index in [4.69, 9.17) is 4.74 Å². The van der Waals surface area contributed by atoms with E-state index in [1.165, 1.54) is 19.3 Å². The van der Waals surface area contributed by atoms with Gasteiger partial charge in [0.1, 0.15) is 5.75 Å². The SMILES string of the molecule is COc1c(C)cc(C(O)C2C3C4CCC(C4)C32)cc1C. The van der Waals surface area contributed by atoms with Gasteiger partial charge in [0, 0.05) is 0 Å². The number of aliphatic hydroxyl groups excluding tert-OH is 1. The van der Waals surface area contributed by atoms with Crippen LogP contribution < -0.4 is 4.74 Å². The molecule has 0 saturated heterocycles. The lowest BCUT2D eigenvalue weighted by Crippen LogP contribution is -2.09. The van der Waals surface area contributed by atoms with Crippen LogP contribution in [0.2, 0.25) is 0 Å². The summed E-state index contributed by atoms with van der Waals surface area (Å²) in [6.45, 7) is 4.14. The number of aliphatic hydroxyl groups is 1. The van der Waals surface area contributed by atoms with Crippen LogP contribution in [-0.4, -0.2) is 12.2 Å². The highest BCUT2D eigenvalue weighted by Gasteiger charge is 2.66. The summed E-state index contributed by atoms with van der Waals surface area (Å²) in [5.74, 6) is 4.98. The van der Waals surface area contributed by atoms with E-state index in [0.29, 0.717) is 5.92 Å². The van der Waals surface area contributed by atoms with Gasteiger partial charge in [-0.15, -0.1) is 0 Å². The second-order valence-corrected chi connectivity index (χ2v) is 7.20. The first-order valence-electron chi connectivity index (χ1n) is 7.95. The molecule has 0 heterocycles. The van der Waals surface area contributed by atoms with Gasteiger partial charge in [-0.1, -0.05) is 0 Å². The maximum atomic E-state index is 10.8. The smallest absolute Gasteiger partial charge is 0.124 e. The van der Waals surface area contributed by atoms with E-state index < -0.39 is 0 Å². The van der Waals surface area contributed by atoms with Crippen molar-refractivity contribution in [3.8, 4) is 5.75 Å². The van der Waals surface area contributed by atoms with Crippen molar-refractivity contribution in [2.24, 2.45) is 29.6 Å². The van der Waals surface area contributed by atoms with E-state index in [1.807, 2.05) is 0 Å². The summed E-state index contributed by atoms with van der Waals surface area (Å²) in [6, 6.07) is 4.24. The number of ether oxygens (including phenoxy) is 1. The standard InChI is InChI=1S/C18H24O2/c1-9-6-13(7-10(2)18(9)20-3)17(19)16-14-11-4-5-12(8-11)15(14)16/h6-7,11-12,14-17,19H,4-5,8H2,1-3H3. The normalized spacial score (nSPS) is 38.7. The van der Waals surface area contributed by atoms with Crippen LogP contribution in [0.5, 0.6) is 5.75 Å². The highest BCUT2D eigenvalue weighted by atomic mass is 16.5. The minimum Gasteiger partial charge on any atom is -0.496 e. The average Bonchev–Trinajstić information content (AvgIpc) is 2.85. The third-order valence-corrected chi connectivity index (χ3v) is 6.19. The third kappa shape index (κ3) is 1.60. The number of hydrogen-bond acceptors (Lipinski definition) is 2.